The van der Waals surface area contributed by atoms with E-state index in [0.29, 0.717) is 17.4 Å². The van der Waals surface area contributed by atoms with Gasteiger partial charge in [0.15, 0.2) is 0 Å². The van der Waals surface area contributed by atoms with Gasteiger partial charge in [-0.15, -0.1) is 5.10 Å². The minimum Gasteiger partial charge on any atom is -0.445 e. The first kappa shape index (κ1) is 23.0. The van der Waals surface area contributed by atoms with Crippen LogP contribution in [0.1, 0.15) is 56.1 Å². The fraction of sp³-hybridized carbons (Fsp3) is 0.600. The molecule has 1 aromatic heterocycles. The third-order valence-electron chi connectivity index (χ3n) is 6.58. The molecule has 1 aliphatic heterocycles. The molecule has 3 aliphatic rings. The first-order valence-electron chi connectivity index (χ1n) is 11.7. The molecule has 0 saturated heterocycles. The molecule has 174 valence electrons. The summed E-state index contributed by atoms with van der Waals surface area (Å²) in [5.41, 5.74) is 7.92. The first-order valence-corrected chi connectivity index (χ1v) is 11.7. The Balaban J connectivity index is 1.60. The van der Waals surface area contributed by atoms with E-state index in [1.54, 1.807) is 20.5 Å². The van der Waals surface area contributed by atoms with E-state index in [1.807, 2.05) is 6.07 Å². The Hall–Kier alpha value is -2.22. The zero-order valence-corrected chi connectivity index (χ0v) is 19.6. The van der Waals surface area contributed by atoms with Gasteiger partial charge in [0.05, 0.1) is 25.2 Å². The minimum atomic E-state index is 0.489. The average molecular weight is 441 g/mol. The second-order valence-electron chi connectivity index (χ2n) is 8.97. The molecular weight excluding hydrogens is 404 g/mol. The largest absolute Gasteiger partial charge is 0.445 e. The van der Waals surface area contributed by atoms with E-state index in [2.05, 4.69) is 23.0 Å². The maximum absolute atomic E-state index is 5.61. The maximum atomic E-state index is 5.61. The number of nitrogens with two attached hydrogens (primary N) is 1. The number of allylic oxidation sites excluding steroid dienone is 1. The van der Waals surface area contributed by atoms with Crippen LogP contribution in [-0.4, -0.2) is 57.7 Å². The second kappa shape index (κ2) is 10.6. The molecule has 2 aliphatic carbocycles. The summed E-state index contributed by atoms with van der Waals surface area (Å²) in [6.45, 7) is 6.41. The molecule has 2 heterocycles. The monoisotopic (exact) mass is 440 g/mol. The van der Waals surface area contributed by atoms with E-state index in [4.69, 9.17) is 24.7 Å². The van der Waals surface area contributed by atoms with Crippen molar-refractivity contribution >= 4 is 11.8 Å². The highest BCUT2D eigenvalue weighted by Gasteiger charge is 2.35. The summed E-state index contributed by atoms with van der Waals surface area (Å²) in [5.74, 6) is 6.73. The molecule has 0 spiro atoms. The summed E-state index contributed by atoms with van der Waals surface area (Å²) in [6, 6.07) is 2.03. The fourth-order valence-electron chi connectivity index (χ4n) is 4.56. The van der Waals surface area contributed by atoms with E-state index in [9.17, 15) is 0 Å². The van der Waals surface area contributed by atoms with Crippen LogP contribution in [0.4, 0.5) is 0 Å². The number of rotatable bonds is 12. The number of methoxy groups -OCH3 is 2. The third kappa shape index (κ3) is 5.39. The smallest absolute Gasteiger partial charge is 0.239 e. The molecule has 0 aromatic carbocycles. The standard InChI is InChI=1S/C25H36N4O3/c1-17-21(8-10-29(11-14-30-2)12-15-31-3)24(19-6-7-19)22(27-17)16-20-9-13-32-25(28-26)23(20)18-4-5-18/h9,13,16,18-19H,4-8,10-12,14-15,26H2,1-3H3. The predicted octanol–water partition coefficient (Wildman–Crippen LogP) is 3.44. The highest BCUT2D eigenvalue weighted by atomic mass is 16.5. The van der Waals surface area contributed by atoms with Crippen molar-refractivity contribution < 1.29 is 13.9 Å². The zero-order chi connectivity index (χ0) is 22.5. The lowest BCUT2D eigenvalue weighted by Crippen LogP contribution is -2.32. The molecule has 0 amide bonds. The van der Waals surface area contributed by atoms with Crippen molar-refractivity contribution in [1.82, 2.24) is 4.90 Å². The van der Waals surface area contributed by atoms with Gasteiger partial charge in [0.1, 0.15) is 0 Å². The molecule has 2 saturated carbocycles. The second-order valence-corrected chi connectivity index (χ2v) is 8.97. The SMILES string of the molecule is COCCN(CCOC)CCC1=C(C2CC2)C(=Cc2ccoc(=NN)c2C2CC2)N=C1C. The fourth-order valence-corrected chi connectivity index (χ4v) is 4.56. The zero-order valence-electron chi connectivity index (χ0n) is 19.6. The Bertz CT molecular complexity index is 960. The number of aliphatic imine (C=N–C) groups is 1. The van der Waals surface area contributed by atoms with Crippen molar-refractivity contribution in [2.24, 2.45) is 21.9 Å². The van der Waals surface area contributed by atoms with Gasteiger partial charge in [-0.3, -0.25) is 9.89 Å². The summed E-state index contributed by atoms with van der Waals surface area (Å²) in [4.78, 5) is 7.44. The van der Waals surface area contributed by atoms with E-state index in [0.717, 1.165) is 74.6 Å². The molecule has 7 nitrogen and oxygen atoms in total. The summed E-state index contributed by atoms with van der Waals surface area (Å²) in [7, 11) is 3.51. The molecular formula is C25H36N4O3. The molecule has 0 bridgehead atoms. The van der Waals surface area contributed by atoms with Gasteiger partial charge in [0, 0.05) is 45.1 Å². The lowest BCUT2D eigenvalue weighted by atomic mass is 9.96. The molecule has 0 atom stereocenters. The first-order chi connectivity index (χ1) is 15.7. The molecule has 32 heavy (non-hydrogen) atoms. The van der Waals surface area contributed by atoms with Crippen molar-refractivity contribution in [2.75, 3.05) is 47.1 Å². The van der Waals surface area contributed by atoms with Gasteiger partial charge in [0.2, 0.25) is 5.55 Å². The van der Waals surface area contributed by atoms with Crippen LogP contribution in [-0.2, 0) is 9.47 Å². The number of ether oxygens (including phenoxy) is 2. The summed E-state index contributed by atoms with van der Waals surface area (Å²) >= 11 is 0. The normalized spacial score (nSPS) is 20.7. The van der Waals surface area contributed by atoms with Gasteiger partial charge in [-0.25, -0.2) is 0 Å². The lowest BCUT2D eigenvalue weighted by Gasteiger charge is -2.22. The van der Waals surface area contributed by atoms with Gasteiger partial charge < -0.3 is 19.7 Å². The summed E-state index contributed by atoms with van der Waals surface area (Å²) < 4.78 is 16.2. The Morgan fingerprint density at radius 1 is 1.12 bits per heavy atom. The Kier molecular flexibility index (Phi) is 7.60. The third-order valence-corrected chi connectivity index (χ3v) is 6.58. The number of hydrogen-bond acceptors (Lipinski definition) is 7. The van der Waals surface area contributed by atoms with E-state index in [1.165, 1.54) is 24.0 Å². The van der Waals surface area contributed by atoms with E-state index in [-0.39, 0.29) is 0 Å². The Labute approximate surface area is 190 Å². The lowest BCUT2D eigenvalue weighted by molar-refractivity contribution is 0.115. The molecule has 1 aromatic rings. The highest BCUT2D eigenvalue weighted by Crippen LogP contribution is 2.47. The topological polar surface area (TPSA) is 85.6 Å². The van der Waals surface area contributed by atoms with Crippen LogP contribution in [0.15, 0.2) is 43.7 Å². The van der Waals surface area contributed by atoms with Crippen molar-refractivity contribution in [1.29, 1.82) is 0 Å². The van der Waals surface area contributed by atoms with E-state index < -0.39 is 0 Å². The van der Waals surface area contributed by atoms with Crippen LogP contribution >= 0.6 is 0 Å². The molecule has 2 fully saturated rings. The van der Waals surface area contributed by atoms with E-state index >= 15 is 0 Å². The summed E-state index contributed by atoms with van der Waals surface area (Å²) in [6.07, 6.45) is 9.73. The molecule has 0 unspecified atom stereocenters. The predicted molar refractivity (Wildman–Crippen MR) is 126 cm³/mol. The van der Waals surface area contributed by atoms with Gasteiger partial charge in [-0.2, -0.15) is 0 Å². The Morgan fingerprint density at radius 2 is 1.81 bits per heavy atom. The van der Waals surface area contributed by atoms with Crippen LogP contribution in [0.2, 0.25) is 0 Å². The average Bonchev–Trinajstić information content (AvgIpc) is 3.72. The quantitative estimate of drug-likeness (QED) is 0.397. The molecule has 2 N–H and O–H groups in total. The molecule has 0 radical (unpaired) electrons. The highest BCUT2D eigenvalue weighted by molar-refractivity contribution is 6.04. The maximum Gasteiger partial charge on any atom is 0.239 e. The van der Waals surface area contributed by atoms with Crippen molar-refractivity contribution in [3.05, 3.63) is 45.9 Å². The van der Waals surface area contributed by atoms with Gasteiger partial charge >= 0.3 is 0 Å². The van der Waals surface area contributed by atoms with Crippen molar-refractivity contribution in [2.45, 2.75) is 44.9 Å². The Morgan fingerprint density at radius 3 is 2.41 bits per heavy atom. The van der Waals surface area contributed by atoms with Crippen LogP contribution < -0.4 is 11.4 Å². The van der Waals surface area contributed by atoms with Gasteiger partial charge in [0.25, 0.3) is 0 Å². The van der Waals surface area contributed by atoms with Crippen molar-refractivity contribution in [3.8, 4) is 0 Å². The van der Waals surface area contributed by atoms with Crippen molar-refractivity contribution in [3.63, 3.8) is 0 Å². The summed E-state index contributed by atoms with van der Waals surface area (Å²) in [5, 5.41) is 3.89. The van der Waals surface area contributed by atoms with Crippen LogP contribution in [0.25, 0.3) is 6.08 Å². The number of nitrogens with zero attached hydrogens (tertiary/aromatic N) is 3. The van der Waals surface area contributed by atoms with Gasteiger partial charge in [-0.05, 0) is 79.7 Å². The van der Waals surface area contributed by atoms with Crippen LogP contribution in [0.5, 0.6) is 0 Å². The van der Waals surface area contributed by atoms with Crippen LogP contribution in [0, 0.1) is 5.92 Å². The van der Waals surface area contributed by atoms with Crippen LogP contribution in [0.3, 0.4) is 0 Å². The molecule has 4 rings (SSSR count). The minimum absolute atomic E-state index is 0.489. The van der Waals surface area contributed by atoms with Gasteiger partial charge in [-0.1, -0.05) is 0 Å². The number of hydrogen-bond donors (Lipinski definition) is 1. The molecule has 7 heteroatoms.